The smallest absolute Gasteiger partial charge is 0.319 e. The van der Waals surface area contributed by atoms with Gasteiger partial charge in [-0.25, -0.2) is 18.6 Å². The maximum Gasteiger partial charge on any atom is 0.319 e. The van der Waals surface area contributed by atoms with Crippen molar-refractivity contribution in [3.05, 3.63) is 58.3 Å². The SMILES string of the molecule is Cc1cncn(CCNC(=O)Nc2ccc(F)cc2F)c1=O. The first-order valence-corrected chi connectivity index (χ1v) is 6.48. The molecule has 8 heteroatoms. The fraction of sp³-hybridized carbons (Fsp3) is 0.214. The van der Waals surface area contributed by atoms with E-state index in [1.807, 2.05) is 0 Å². The summed E-state index contributed by atoms with van der Waals surface area (Å²) < 4.78 is 27.5. The first-order chi connectivity index (χ1) is 10.5. The summed E-state index contributed by atoms with van der Waals surface area (Å²) in [4.78, 5) is 27.2. The molecule has 2 amide bonds. The summed E-state index contributed by atoms with van der Waals surface area (Å²) in [5, 5.41) is 4.73. The van der Waals surface area contributed by atoms with Crippen LogP contribution in [0.3, 0.4) is 0 Å². The number of rotatable bonds is 4. The Bertz CT molecular complexity index is 746. The summed E-state index contributed by atoms with van der Waals surface area (Å²) in [6, 6.07) is 2.18. The minimum absolute atomic E-state index is 0.131. The number of hydrogen-bond donors (Lipinski definition) is 2. The molecule has 0 saturated carbocycles. The molecule has 1 aromatic carbocycles. The Kier molecular flexibility index (Phi) is 4.82. The van der Waals surface area contributed by atoms with E-state index >= 15 is 0 Å². The summed E-state index contributed by atoms with van der Waals surface area (Å²) in [5.74, 6) is -1.59. The maximum absolute atomic E-state index is 13.4. The first kappa shape index (κ1) is 15.6. The molecule has 22 heavy (non-hydrogen) atoms. The van der Waals surface area contributed by atoms with E-state index in [4.69, 9.17) is 0 Å². The highest BCUT2D eigenvalue weighted by Crippen LogP contribution is 2.14. The summed E-state index contributed by atoms with van der Waals surface area (Å²) in [7, 11) is 0. The van der Waals surface area contributed by atoms with Crippen molar-refractivity contribution in [3.8, 4) is 0 Å². The van der Waals surface area contributed by atoms with Crippen LogP contribution in [0.4, 0.5) is 19.3 Å². The van der Waals surface area contributed by atoms with Gasteiger partial charge in [0.15, 0.2) is 0 Å². The molecule has 2 N–H and O–H groups in total. The molecule has 0 bridgehead atoms. The van der Waals surface area contributed by atoms with Crippen LogP contribution in [0.15, 0.2) is 35.5 Å². The second-order valence-corrected chi connectivity index (χ2v) is 4.58. The number of aryl methyl sites for hydroxylation is 1. The van der Waals surface area contributed by atoms with Crippen molar-refractivity contribution in [2.45, 2.75) is 13.5 Å². The molecule has 0 aliphatic heterocycles. The minimum Gasteiger partial charge on any atom is -0.336 e. The molecule has 0 aliphatic rings. The van der Waals surface area contributed by atoms with Crippen LogP contribution in [0.2, 0.25) is 0 Å². The molecule has 0 fully saturated rings. The van der Waals surface area contributed by atoms with Crippen LogP contribution >= 0.6 is 0 Å². The van der Waals surface area contributed by atoms with Gasteiger partial charge in [-0.3, -0.25) is 9.36 Å². The average molecular weight is 308 g/mol. The van der Waals surface area contributed by atoms with Gasteiger partial charge in [-0.05, 0) is 19.1 Å². The highest BCUT2D eigenvalue weighted by atomic mass is 19.1. The molecule has 6 nitrogen and oxygen atoms in total. The second kappa shape index (κ2) is 6.79. The Labute approximate surface area is 124 Å². The van der Waals surface area contributed by atoms with Crippen molar-refractivity contribution in [1.29, 1.82) is 0 Å². The molecular formula is C14H14F2N4O2. The van der Waals surface area contributed by atoms with Gasteiger partial charge >= 0.3 is 6.03 Å². The maximum atomic E-state index is 13.4. The molecule has 116 valence electrons. The van der Waals surface area contributed by atoms with E-state index < -0.39 is 17.7 Å². The number of urea groups is 1. The number of anilines is 1. The molecule has 0 atom stereocenters. The lowest BCUT2D eigenvalue weighted by molar-refractivity contribution is 0.251. The van der Waals surface area contributed by atoms with Crippen molar-refractivity contribution in [3.63, 3.8) is 0 Å². The van der Waals surface area contributed by atoms with Gasteiger partial charge in [0, 0.05) is 30.9 Å². The zero-order chi connectivity index (χ0) is 16.1. The van der Waals surface area contributed by atoms with Crippen LogP contribution in [0.5, 0.6) is 0 Å². The standard InChI is InChI=1S/C14H14F2N4O2/c1-9-7-17-8-20(13(9)21)5-4-18-14(22)19-12-3-2-10(15)6-11(12)16/h2-3,6-8H,4-5H2,1H3,(H2,18,19,22). The van der Waals surface area contributed by atoms with Crippen molar-refractivity contribution >= 4 is 11.7 Å². The highest BCUT2D eigenvalue weighted by molar-refractivity contribution is 5.89. The quantitative estimate of drug-likeness (QED) is 0.902. The number of nitrogens with zero attached hydrogens (tertiary/aromatic N) is 2. The predicted octanol–water partition coefficient (Wildman–Crippen LogP) is 1.65. The fourth-order valence-electron chi connectivity index (χ4n) is 1.77. The van der Waals surface area contributed by atoms with Crippen LogP contribution < -0.4 is 16.2 Å². The van der Waals surface area contributed by atoms with E-state index in [0.717, 1.165) is 12.1 Å². The van der Waals surface area contributed by atoms with Gasteiger partial charge in [-0.2, -0.15) is 0 Å². The Morgan fingerprint density at radius 2 is 2.14 bits per heavy atom. The molecule has 2 aromatic rings. The molecule has 0 spiro atoms. The minimum atomic E-state index is -0.866. The third-order valence-electron chi connectivity index (χ3n) is 2.89. The highest BCUT2D eigenvalue weighted by Gasteiger charge is 2.07. The Morgan fingerprint density at radius 3 is 2.86 bits per heavy atom. The Hall–Kier alpha value is -2.77. The lowest BCUT2D eigenvalue weighted by Gasteiger charge is -2.09. The lowest BCUT2D eigenvalue weighted by atomic mass is 10.3. The Morgan fingerprint density at radius 1 is 1.36 bits per heavy atom. The van der Waals surface area contributed by atoms with Gasteiger partial charge < -0.3 is 10.6 Å². The number of hydrogen-bond acceptors (Lipinski definition) is 3. The predicted molar refractivity (Wildman–Crippen MR) is 76.6 cm³/mol. The van der Waals surface area contributed by atoms with E-state index in [0.29, 0.717) is 11.6 Å². The fourth-order valence-corrected chi connectivity index (χ4v) is 1.77. The van der Waals surface area contributed by atoms with Gasteiger partial charge in [-0.1, -0.05) is 0 Å². The second-order valence-electron chi connectivity index (χ2n) is 4.58. The number of nitrogens with one attached hydrogen (secondary N) is 2. The van der Waals surface area contributed by atoms with Crippen molar-refractivity contribution < 1.29 is 13.6 Å². The normalized spacial score (nSPS) is 10.3. The largest absolute Gasteiger partial charge is 0.336 e. The molecule has 0 radical (unpaired) electrons. The van der Waals surface area contributed by atoms with E-state index in [-0.39, 0.29) is 24.3 Å². The molecule has 2 rings (SSSR count). The molecule has 0 aliphatic carbocycles. The van der Waals surface area contributed by atoms with Crippen LogP contribution in [0.25, 0.3) is 0 Å². The molecule has 1 aromatic heterocycles. The van der Waals surface area contributed by atoms with Gasteiger partial charge in [0.25, 0.3) is 5.56 Å². The number of carbonyl (C=O) groups is 1. The van der Waals surface area contributed by atoms with E-state index in [1.165, 1.54) is 17.1 Å². The number of carbonyl (C=O) groups excluding carboxylic acids is 1. The van der Waals surface area contributed by atoms with Gasteiger partial charge in [0.1, 0.15) is 11.6 Å². The third kappa shape index (κ3) is 3.87. The number of aromatic nitrogens is 2. The first-order valence-electron chi connectivity index (χ1n) is 6.48. The molecule has 0 unspecified atom stereocenters. The lowest BCUT2D eigenvalue weighted by Crippen LogP contribution is -2.34. The number of halogens is 2. The average Bonchev–Trinajstić information content (AvgIpc) is 2.46. The number of amides is 2. The van der Waals surface area contributed by atoms with Gasteiger partial charge in [-0.15, -0.1) is 0 Å². The van der Waals surface area contributed by atoms with Crippen LogP contribution in [-0.4, -0.2) is 22.1 Å². The topological polar surface area (TPSA) is 76.0 Å². The van der Waals surface area contributed by atoms with E-state index in [2.05, 4.69) is 15.6 Å². The van der Waals surface area contributed by atoms with E-state index in [1.54, 1.807) is 6.92 Å². The summed E-state index contributed by atoms with van der Waals surface area (Å²) in [6.45, 7) is 2.02. The summed E-state index contributed by atoms with van der Waals surface area (Å²) in [5.41, 5.74) is 0.176. The summed E-state index contributed by atoms with van der Waals surface area (Å²) in [6.07, 6.45) is 2.82. The van der Waals surface area contributed by atoms with Crippen molar-refractivity contribution in [2.24, 2.45) is 0 Å². The molecule has 1 heterocycles. The van der Waals surface area contributed by atoms with Crippen molar-refractivity contribution in [1.82, 2.24) is 14.9 Å². The zero-order valence-corrected chi connectivity index (χ0v) is 11.8. The van der Waals surface area contributed by atoms with Gasteiger partial charge in [0.2, 0.25) is 0 Å². The van der Waals surface area contributed by atoms with Gasteiger partial charge in [0.05, 0.1) is 12.0 Å². The van der Waals surface area contributed by atoms with Crippen LogP contribution in [0.1, 0.15) is 5.56 Å². The third-order valence-corrected chi connectivity index (χ3v) is 2.89. The Balaban J connectivity index is 1.88. The monoisotopic (exact) mass is 308 g/mol. The van der Waals surface area contributed by atoms with Crippen LogP contribution in [-0.2, 0) is 6.54 Å². The van der Waals surface area contributed by atoms with E-state index in [9.17, 15) is 18.4 Å². The number of benzene rings is 1. The summed E-state index contributed by atoms with van der Waals surface area (Å²) >= 11 is 0. The molecular weight excluding hydrogens is 294 g/mol. The van der Waals surface area contributed by atoms with Crippen LogP contribution in [0, 0.1) is 18.6 Å². The molecule has 0 saturated heterocycles. The van der Waals surface area contributed by atoms with Crippen molar-refractivity contribution in [2.75, 3.05) is 11.9 Å². The zero-order valence-electron chi connectivity index (χ0n) is 11.8.